The first-order chi connectivity index (χ1) is 20.9. The summed E-state index contributed by atoms with van der Waals surface area (Å²) in [5.74, 6) is -0.0882. The maximum atomic E-state index is 13.7. The zero-order chi connectivity index (χ0) is 31.2. The number of hydrogen-bond acceptors (Lipinski definition) is 6. The van der Waals surface area contributed by atoms with Gasteiger partial charge in [0, 0.05) is 4.47 Å². The van der Waals surface area contributed by atoms with Crippen molar-refractivity contribution in [3.8, 4) is 11.1 Å². The molecule has 1 aromatic heterocycles. The summed E-state index contributed by atoms with van der Waals surface area (Å²) < 4.78 is 57.9. The van der Waals surface area contributed by atoms with E-state index in [0.717, 1.165) is 37.8 Å². The maximum absolute atomic E-state index is 13.7. The van der Waals surface area contributed by atoms with Gasteiger partial charge in [-0.25, -0.2) is 26.5 Å². The lowest BCUT2D eigenvalue weighted by Gasteiger charge is -2.18. The highest BCUT2D eigenvalue weighted by Gasteiger charge is 2.37. The highest BCUT2D eigenvalue weighted by Crippen LogP contribution is 2.32. The molecular formula is C32H29BrN4O5S2. The van der Waals surface area contributed by atoms with Crippen molar-refractivity contribution in [3.63, 3.8) is 0 Å². The number of aromatic nitrogens is 2. The van der Waals surface area contributed by atoms with E-state index in [1.807, 2.05) is 55.0 Å². The predicted molar refractivity (Wildman–Crippen MR) is 173 cm³/mol. The molecule has 0 spiro atoms. The van der Waals surface area contributed by atoms with Gasteiger partial charge in [0.05, 0.1) is 28.4 Å². The fourth-order valence-electron chi connectivity index (χ4n) is 5.41. The third-order valence-corrected chi connectivity index (χ3v) is 12.0. The number of nitrogens with one attached hydrogen (secondary N) is 3. The van der Waals surface area contributed by atoms with E-state index in [2.05, 4.69) is 25.6 Å². The molecule has 6 rings (SSSR count). The van der Waals surface area contributed by atoms with Crippen molar-refractivity contribution in [2.45, 2.75) is 42.9 Å². The van der Waals surface area contributed by atoms with E-state index in [-0.39, 0.29) is 17.7 Å². The van der Waals surface area contributed by atoms with Crippen molar-refractivity contribution in [3.05, 3.63) is 117 Å². The van der Waals surface area contributed by atoms with Crippen LogP contribution >= 0.6 is 15.9 Å². The molecular weight excluding hydrogens is 664 g/mol. The quantitative estimate of drug-likeness (QED) is 0.189. The molecule has 0 saturated carbocycles. The van der Waals surface area contributed by atoms with Crippen LogP contribution < -0.4 is 9.44 Å². The van der Waals surface area contributed by atoms with Crippen LogP contribution in [0.3, 0.4) is 0 Å². The topological polar surface area (TPSA) is 138 Å². The number of aromatic amines is 1. The number of carbonyl (C=O) groups excluding carboxylic acids is 1. The average molecular weight is 694 g/mol. The number of halogens is 1. The van der Waals surface area contributed by atoms with Gasteiger partial charge in [0.25, 0.3) is 0 Å². The number of H-pyrrole nitrogens is 1. The molecule has 44 heavy (non-hydrogen) atoms. The van der Waals surface area contributed by atoms with Gasteiger partial charge in [-0.3, -0.25) is 9.52 Å². The minimum absolute atomic E-state index is 0.118. The Morgan fingerprint density at radius 2 is 1.61 bits per heavy atom. The molecule has 1 aliphatic rings. The summed E-state index contributed by atoms with van der Waals surface area (Å²) in [6.45, 7) is 3.97. The zero-order valence-electron chi connectivity index (χ0n) is 23.8. The fraction of sp³-hybridized carbons (Fsp3) is 0.188. The largest absolute Gasteiger partial charge is 0.340 e. The third-order valence-electron chi connectivity index (χ3n) is 8.00. The summed E-state index contributed by atoms with van der Waals surface area (Å²) in [5, 5.41) is -0.961. The van der Waals surface area contributed by atoms with Gasteiger partial charge in [-0.05, 0) is 71.8 Å². The van der Waals surface area contributed by atoms with Crippen LogP contribution in [-0.2, 0) is 31.3 Å². The summed E-state index contributed by atoms with van der Waals surface area (Å²) in [7, 11) is -7.76. The Labute approximate surface area is 264 Å². The Morgan fingerprint density at radius 1 is 0.955 bits per heavy atom. The Hall–Kier alpha value is -3.84. The number of aryl methyl sites for hydroxylation is 1. The Bertz CT molecular complexity index is 2100. The van der Waals surface area contributed by atoms with E-state index in [0.29, 0.717) is 16.9 Å². The highest BCUT2D eigenvalue weighted by molar-refractivity contribution is 9.10. The summed E-state index contributed by atoms with van der Waals surface area (Å²) in [4.78, 5) is 20.0. The summed E-state index contributed by atoms with van der Waals surface area (Å²) in [5.41, 5.74) is 6.69. The summed E-state index contributed by atoms with van der Waals surface area (Å²) >= 11 is 3.58. The SMILES string of the molecule is Cc1c(Br)cc2nc([C@H](Cc3ccc(C4CC(=O)NS4(=O)=O)cc3)NS(=O)(=O)c3ccc(-c4ccccc4)cc3)[nH]c2c1C. The van der Waals surface area contributed by atoms with Crippen LogP contribution in [-0.4, -0.2) is 32.7 Å². The van der Waals surface area contributed by atoms with Crippen LogP contribution in [0.5, 0.6) is 0 Å². The maximum Gasteiger partial charge on any atom is 0.242 e. The Kier molecular flexibility index (Phi) is 7.95. The van der Waals surface area contributed by atoms with Crippen molar-refractivity contribution < 1.29 is 21.6 Å². The van der Waals surface area contributed by atoms with E-state index in [1.54, 1.807) is 48.5 Å². The average Bonchev–Trinajstić information content (AvgIpc) is 3.55. The molecule has 1 saturated heterocycles. The number of nitrogens with zero attached hydrogens (tertiary/aromatic N) is 1. The molecule has 1 aliphatic heterocycles. The molecule has 226 valence electrons. The summed E-state index contributed by atoms with van der Waals surface area (Å²) in [6, 6.07) is 24.4. The van der Waals surface area contributed by atoms with Crippen molar-refractivity contribution in [1.82, 2.24) is 19.4 Å². The van der Waals surface area contributed by atoms with Crippen LogP contribution in [0.2, 0.25) is 0 Å². The van der Waals surface area contributed by atoms with E-state index in [1.165, 1.54) is 0 Å². The van der Waals surface area contributed by atoms with Gasteiger partial charge in [-0.2, -0.15) is 0 Å². The van der Waals surface area contributed by atoms with Gasteiger partial charge in [0.1, 0.15) is 11.1 Å². The van der Waals surface area contributed by atoms with Gasteiger partial charge in [-0.1, -0.05) is 82.7 Å². The molecule has 1 fully saturated rings. The van der Waals surface area contributed by atoms with Crippen LogP contribution in [0.1, 0.15) is 45.8 Å². The second-order valence-corrected chi connectivity index (χ2v) is 15.3. The predicted octanol–water partition coefficient (Wildman–Crippen LogP) is 5.76. The molecule has 2 atom stereocenters. The second-order valence-electron chi connectivity index (χ2n) is 10.9. The third kappa shape index (κ3) is 5.94. The van der Waals surface area contributed by atoms with Crippen LogP contribution in [0.25, 0.3) is 22.2 Å². The molecule has 4 aromatic carbocycles. The molecule has 2 heterocycles. The number of fused-ring (bicyclic) bond motifs is 1. The number of sulfonamides is 2. The summed E-state index contributed by atoms with van der Waals surface area (Å²) in [6.07, 6.45) is 0.0930. The Morgan fingerprint density at radius 3 is 2.25 bits per heavy atom. The first-order valence-corrected chi connectivity index (χ1v) is 17.7. The van der Waals surface area contributed by atoms with Crippen LogP contribution in [0.4, 0.5) is 0 Å². The fourth-order valence-corrected chi connectivity index (χ4v) is 8.56. The highest BCUT2D eigenvalue weighted by atomic mass is 79.9. The lowest BCUT2D eigenvalue weighted by molar-refractivity contribution is -0.118. The molecule has 1 unspecified atom stereocenters. The minimum Gasteiger partial charge on any atom is -0.340 e. The monoisotopic (exact) mass is 692 g/mol. The van der Waals surface area contributed by atoms with Crippen molar-refractivity contribution in [2.75, 3.05) is 0 Å². The number of amides is 1. The number of imidazole rings is 1. The lowest BCUT2D eigenvalue weighted by Crippen LogP contribution is -2.31. The number of benzene rings is 4. The van der Waals surface area contributed by atoms with Gasteiger partial charge < -0.3 is 4.98 Å². The molecule has 9 nitrogen and oxygen atoms in total. The minimum atomic E-state index is -3.98. The van der Waals surface area contributed by atoms with Crippen LogP contribution in [0, 0.1) is 13.8 Å². The van der Waals surface area contributed by atoms with Crippen LogP contribution in [0.15, 0.2) is 94.3 Å². The lowest BCUT2D eigenvalue weighted by atomic mass is 10.0. The number of carbonyl (C=O) groups is 1. The van der Waals surface area contributed by atoms with Crippen molar-refractivity contribution in [1.29, 1.82) is 0 Å². The molecule has 12 heteroatoms. The standard InChI is InChI=1S/C32H29BrN4O5S2/c1-19-20(2)31-27(17-26(19)33)34-32(35-31)28(16-21-8-10-24(11-9-21)29-18-30(38)37-44(29,41)42)36-43(39,40)25-14-12-23(13-15-25)22-6-4-3-5-7-22/h3-15,17,28-29,36H,16,18H2,1-2H3,(H,34,35)(H,37,38)/t28-,29?/m0/s1. The Balaban J connectivity index is 1.33. The van der Waals surface area contributed by atoms with Gasteiger partial charge in [0.2, 0.25) is 26.0 Å². The van der Waals surface area contributed by atoms with Gasteiger partial charge in [-0.15, -0.1) is 0 Å². The van der Waals surface area contributed by atoms with E-state index in [9.17, 15) is 21.6 Å². The van der Waals surface area contributed by atoms with E-state index >= 15 is 0 Å². The molecule has 0 aliphatic carbocycles. The van der Waals surface area contributed by atoms with Gasteiger partial charge in [0.15, 0.2) is 0 Å². The second kappa shape index (κ2) is 11.6. The van der Waals surface area contributed by atoms with Gasteiger partial charge >= 0.3 is 0 Å². The zero-order valence-corrected chi connectivity index (χ0v) is 27.1. The van der Waals surface area contributed by atoms with E-state index < -0.39 is 37.2 Å². The number of rotatable bonds is 8. The normalized spacial score (nSPS) is 17.1. The molecule has 5 aromatic rings. The number of hydrogen-bond donors (Lipinski definition) is 3. The first-order valence-electron chi connectivity index (χ1n) is 13.9. The first kappa shape index (κ1) is 30.2. The molecule has 0 radical (unpaired) electrons. The molecule has 0 bridgehead atoms. The smallest absolute Gasteiger partial charge is 0.242 e. The van der Waals surface area contributed by atoms with Crippen molar-refractivity contribution in [2.24, 2.45) is 0 Å². The van der Waals surface area contributed by atoms with E-state index in [4.69, 9.17) is 4.98 Å². The molecule has 1 amide bonds. The molecule has 3 N–H and O–H groups in total. The van der Waals surface area contributed by atoms with Crippen molar-refractivity contribution >= 4 is 52.9 Å².